The molecule has 1 saturated heterocycles. The van der Waals surface area contributed by atoms with Crippen molar-refractivity contribution in [1.82, 2.24) is 4.90 Å². The molecule has 1 aliphatic heterocycles. The predicted molar refractivity (Wildman–Crippen MR) is 65.7 cm³/mol. The first-order valence-corrected chi connectivity index (χ1v) is 7.92. The second-order valence-electron chi connectivity index (χ2n) is 4.54. The van der Waals surface area contributed by atoms with Crippen LogP contribution >= 0.6 is 0 Å². The first-order valence-electron chi connectivity index (χ1n) is 6.10. The average Bonchev–Trinajstić information content (AvgIpc) is 2.29. The van der Waals surface area contributed by atoms with E-state index in [0.29, 0.717) is 19.3 Å². The van der Waals surface area contributed by atoms with E-state index in [9.17, 15) is 13.2 Å². The van der Waals surface area contributed by atoms with Gasteiger partial charge in [0.1, 0.15) is 9.84 Å². The third-order valence-electron chi connectivity index (χ3n) is 3.31. The zero-order valence-electron chi connectivity index (χ0n) is 10.3. The van der Waals surface area contributed by atoms with Crippen LogP contribution < -0.4 is 0 Å². The minimum absolute atomic E-state index is 0.202. The van der Waals surface area contributed by atoms with Crippen LogP contribution in [0.5, 0.6) is 0 Å². The monoisotopic (exact) mass is 263 g/mol. The van der Waals surface area contributed by atoms with Crippen LogP contribution in [0.25, 0.3) is 0 Å². The summed E-state index contributed by atoms with van der Waals surface area (Å²) >= 11 is 0. The molecular formula is C11H21NO4S. The Bertz CT molecular complexity index is 344. The van der Waals surface area contributed by atoms with E-state index in [1.54, 1.807) is 6.92 Å². The Morgan fingerprint density at radius 1 is 1.35 bits per heavy atom. The van der Waals surface area contributed by atoms with Gasteiger partial charge >= 0.3 is 5.97 Å². The van der Waals surface area contributed by atoms with E-state index < -0.39 is 15.8 Å². The molecule has 1 N–H and O–H groups in total. The van der Waals surface area contributed by atoms with Crippen LogP contribution in [0.2, 0.25) is 0 Å². The lowest BCUT2D eigenvalue weighted by atomic mass is 9.97. The summed E-state index contributed by atoms with van der Waals surface area (Å²) < 4.78 is 22.6. The van der Waals surface area contributed by atoms with Crippen molar-refractivity contribution in [3.63, 3.8) is 0 Å². The van der Waals surface area contributed by atoms with Gasteiger partial charge in [0, 0.05) is 5.75 Å². The zero-order chi connectivity index (χ0) is 12.9. The van der Waals surface area contributed by atoms with E-state index in [1.807, 2.05) is 0 Å². The Labute approximate surface area is 103 Å². The average molecular weight is 263 g/mol. The van der Waals surface area contributed by atoms with Gasteiger partial charge in [0.2, 0.25) is 0 Å². The first-order chi connectivity index (χ1) is 7.94. The van der Waals surface area contributed by atoms with Gasteiger partial charge in [-0.3, -0.25) is 4.79 Å². The second kappa shape index (κ2) is 6.35. The largest absolute Gasteiger partial charge is 0.481 e. The summed E-state index contributed by atoms with van der Waals surface area (Å²) in [7, 11) is -2.87. The molecule has 0 radical (unpaired) electrons. The summed E-state index contributed by atoms with van der Waals surface area (Å²) in [6.45, 7) is 3.95. The van der Waals surface area contributed by atoms with Crippen molar-refractivity contribution in [2.75, 3.05) is 31.1 Å². The number of rotatable bonds is 6. The molecule has 100 valence electrons. The third-order valence-corrected chi connectivity index (χ3v) is 5.10. The summed E-state index contributed by atoms with van der Waals surface area (Å²) in [6.07, 6.45) is 2.00. The van der Waals surface area contributed by atoms with Gasteiger partial charge in [0.25, 0.3) is 0 Å². The lowest BCUT2D eigenvalue weighted by molar-refractivity contribution is -0.143. The highest BCUT2D eigenvalue weighted by atomic mass is 32.2. The van der Waals surface area contributed by atoms with Crippen LogP contribution in [-0.4, -0.2) is 55.5 Å². The highest BCUT2D eigenvalue weighted by molar-refractivity contribution is 7.91. The number of aliphatic carboxylic acids is 1. The Morgan fingerprint density at radius 3 is 2.41 bits per heavy atom. The van der Waals surface area contributed by atoms with Crippen LogP contribution in [-0.2, 0) is 14.6 Å². The summed E-state index contributed by atoms with van der Waals surface area (Å²) in [5.41, 5.74) is 0. The zero-order valence-corrected chi connectivity index (χ0v) is 11.1. The van der Waals surface area contributed by atoms with E-state index in [1.165, 1.54) is 0 Å². The standard InChI is InChI=1S/C11H21NO4S/c1-2-17(15,16)9-3-6-12-7-4-10(5-8-12)11(13)14/h10H,2-9H2,1H3,(H,13,14). The molecule has 0 aromatic rings. The Morgan fingerprint density at radius 2 is 1.94 bits per heavy atom. The van der Waals surface area contributed by atoms with Gasteiger partial charge in [0.15, 0.2) is 0 Å². The predicted octanol–water partition coefficient (Wildman–Crippen LogP) is 0.608. The van der Waals surface area contributed by atoms with E-state index in [2.05, 4.69) is 4.90 Å². The van der Waals surface area contributed by atoms with Crippen molar-refractivity contribution in [3.8, 4) is 0 Å². The van der Waals surface area contributed by atoms with Gasteiger partial charge in [-0.2, -0.15) is 0 Å². The lowest BCUT2D eigenvalue weighted by Crippen LogP contribution is -2.37. The molecule has 17 heavy (non-hydrogen) atoms. The number of sulfone groups is 1. The Hall–Kier alpha value is -0.620. The SMILES string of the molecule is CCS(=O)(=O)CCCN1CCC(C(=O)O)CC1. The molecule has 0 bridgehead atoms. The quantitative estimate of drug-likeness (QED) is 0.760. The molecule has 6 heteroatoms. The highest BCUT2D eigenvalue weighted by Gasteiger charge is 2.24. The minimum atomic E-state index is -2.87. The summed E-state index contributed by atoms with van der Waals surface area (Å²) in [5.74, 6) is -0.486. The van der Waals surface area contributed by atoms with Gasteiger partial charge in [-0.25, -0.2) is 8.42 Å². The maximum atomic E-state index is 11.3. The molecule has 0 aromatic heterocycles. The summed E-state index contributed by atoms with van der Waals surface area (Å²) in [5, 5.41) is 8.84. The topological polar surface area (TPSA) is 74.7 Å². The number of carboxylic acids is 1. The maximum absolute atomic E-state index is 11.3. The molecule has 5 nitrogen and oxygen atoms in total. The first kappa shape index (κ1) is 14.4. The number of carbonyl (C=O) groups is 1. The molecule has 1 aliphatic rings. The number of hydrogen-bond acceptors (Lipinski definition) is 4. The molecule has 1 fully saturated rings. The van der Waals surface area contributed by atoms with E-state index in [0.717, 1.165) is 19.6 Å². The van der Waals surface area contributed by atoms with Crippen molar-refractivity contribution in [2.24, 2.45) is 5.92 Å². The van der Waals surface area contributed by atoms with Crippen LogP contribution in [0.15, 0.2) is 0 Å². The van der Waals surface area contributed by atoms with Crippen molar-refractivity contribution in [1.29, 1.82) is 0 Å². The fourth-order valence-electron chi connectivity index (χ4n) is 2.06. The van der Waals surface area contributed by atoms with Crippen LogP contribution in [0.3, 0.4) is 0 Å². The van der Waals surface area contributed by atoms with Crippen molar-refractivity contribution >= 4 is 15.8 Å². The van der Waals surface area contributed by atoms with E-state index in [-0.39, 0.29) is 17.4 Å². The summed E-state index contributed by atoms with van der Waals surface area (Å²) in [4.78, 5) is 12.9. The highest BCUT2D eigenvalue weighted by Crippen LogP contribution is 2.17. The molecule has 1 heterocycles. The molecule has 1 rings (SSSR count). The third kappa shape index (κ3) is 5.04. The number of piperidine rings is 1. The number of hydrogen-bond donors (Lipinski definition) is 1. The Balaban J connectivity index is 2.21. The van der Waals surface area contributed by atoms with Gasteiger partial charge in [0.05, 0.1) is 11.7 Å². The molecule has 0 atom stereocenters. The van der Waals surface area contributed by atoms with Gasteiger partial charge in [-0.1, -0.05) is 6.92 Å². The maximum Gasteiger partial charge on any atom is 0.306 e. The van der Waals surface area contributed by atoms with Gasteiger partial charge in [-0.05, 0) is 38.9 Å². The number of nitrogens with zero attached hydrogens (tertiary/aromatic N) is 1. The summed E-state index contributed by atoms with van der Waals surface area (Å²) in [6, 6.07) is 0. The molecule has 0 aromatic carbocycles. The molecule has 0 aliphatic carbocycles. The van der Waals surface area contributed by atoms with Gasteiger partial charge < -0.3 is 10.0 Å². The lowest BCUT2D eigenvalue weighted by Gasteiger charge is -2.29. The minimum Gasteiger partial charge on any atom is -0.481 e. The van der Waals surface area contributed by atoms with E-state index >= 15 is 0 Å². The molecule has 0 spiro atoms. The van der Waals surface area contributed by atoms with Gasteiger partial charge in [-0.15, -0.1) is 0 Å². The molecular weight excluding hydrogens is 242 g/mol. The van der Waals surface area contributed by atoms with Crippen LogP contribution in [0.4, 0.5) is 0 Å². The van der Waals surface area contributed by atoms with E-state index in [4.69, 9.17) is 5.11 Å². The fraction of sp³-hybridized carbons (Fsp3) is 0.909. The fourth-order valence-corrected chi connectivity index (χ4v) is 2.91. The van der Waals surface area contributed by atoms with Crippen molar-refractivity contribution in [2.45, 2.75) is 26.2 Å². The van der Waals surface area contributed by atoms with Crippen molar-refractivity contribution in [3.05, 3.63) is 0 Å². The normalized spacial score (nSPS) is 19.4. The second-order valence-corrected chi connectivity index (χ2v) is 7.02. The van der Waals surface area contributed by atoms with Crippen LogP contribution in [0.1, 0.15) is 26.2 Å². The smallest absolute Gasteiger partial charge is 0.306 e. The molecule has 0 saturated carbocycles. The Kier molecular flexibility index (Phi) is 5.39. The number of carboxylic acid groups (broad SMARTS) is 1. The van der Waals surface area contributed by atoms with Crippen LogP contribution in [0, 0.1) is 5.92 Å². The van der Waals surface area contributed by atoms with Crippen molar-refractivity contribution < 1.29 is 18.3 Å². The number of likely N-dealkylation sites (tertiary alicyclic amines) is 1. The molecule has 0 unspecified atom stereocenters. The molecule has 0 amide bonds.